The van der Waals surface area contributed by atoms with Gasteiger partial charge < -0.3 is 0 Å². The fraction of sp³-hybridized carbons (Fsp3) is 0.333. The van der Waals surface area contributed by atoms with Gasteiger partial charge in [0.25, 0.3) is 0 Å². The molecule has 2 aliphatic rings. The van der Waals surface area contributed by atoms with Gasteiger partial charge in [0, 0.05) is 0 Å². The Hall–Kier alpha value is -2.31. The van der Waals surface area contributed by atoms with Crippen LogP contribution in [0.5, 0.6) is 0 Å². The van der Waals surface area contributed by atoms with E-state index in [9.17, 15) is 18.8 Å². The molecule has 1 saturated carbocycles. The van der Waals surface area contributed by atoms with E-state index in [1.807, 2.05) is 7.67 Å². The van der Waals surface area contributed by atoms with Crippen molar-refractivity contribution in [3.63, 3.8) is 0 Å². The van der Waals surface area contributed by atoms with Gasteiger partial charge in [-0.05, 0) is 0 Å². The Morgan fingerprint density at radius 2 is 2.10 bits per heavy atom. The monoisotopic (exact) mass is 546 g/mol. The summed E-state index contributed by atoms with van der Waals surface area (Å²) >= 11 is 3.22. The molecule has 1 heterocycles. The van der Waals surface area contributed by atoms with Gasteiger partial charge in [-0.1, -0.05) is 0 Å². The first-order chi connectivity index (χ1) is 14.8. The minimum atomic E-state index is -2.54. The molecule has 10 heteroatoms. The second-order valence-corrected chi connectivity index (χ2v) is 15.1. The molecule has 7 nitrogen and oxygen atoms in total. The Labute approximate surface area is 192 Å². The molecule has 1 aliphatic carbocycles. The number of halogens is 2. The molecule has 31 heavy (non-hydrogen) atoms. The summed E-state index contributed by atoms with van der Waals surface area (Å²) in [6.45, 7) is -0.216. The quantitative estimate of drug-likeness (QED) is 0.517. The number of hydrogen-bond donors (Lipinski definition) is 2. The molecule has 3 N–H and O–H groups in total. The van der Waals surface area contributed by atoms with Gasteiger partial charge >= 0.3 is 193 Å². The van der Waals surface area contributed by atoms with Gasteiger partial charge in [-0.3, -0.25) is 0 Å². The van der Waals surface area contributed by atoms with Crippen LogP contribution >= 0.6 is 11.6 Å². The van der Waals surface area contributed by atoms with Crippen LogP contribution < -0.4 is 11.1 Å². The summed E-state index contributed by atoms with van der Waals surface area (Å²) in [6, 6.07) is 6.54. The van der Waals surface area contributed by atoms with Crippen molar-refractivity contribution in [3.05, 3.63) is 53.9 Å². The Kier molecular flexibility index (Phi) is 7.79. The summed E-state index contributed by atoms with van der Waals surface area (Å²) in [5.41, 5.74) is 5.98. The maximum atomic E-state index is 14.0. The fourth-order valence-electron chi connectivity index (χ4n) is 3.64. The number of nitrogens with two attached hydrogens (primary N) is 1. The summed E-state index contributed by atoms with van der Waals surface area (Å²) < 4.78 is 18.1. The zero-order valence-corrected chi connectivity index (χ0v) is 20.7. The number of nitrogens with zero attached hydrogens (tertiary/aromatic N) is 2. The Bertz CT molecular complexity index is 1000. The molecule has 3 rings (SSSR count). The zero-order valence-electron chi connectivity index (χ0n) is 16.7. The van der Waals surface area contributed by atoms with E-state index in [0.29, 0.717) is 22.6 Å². The van der Waals surface area contributed by atoms with Gasteiger partial charge in [0.05, 0.1) is 0 Å². The summed E-state index contributed by atoms with van der Waals surface area (Å²) in [4.78, 5) is 38.3. The van der Waals surface area contributed by atoms with E-state index < -0.39 is 39.1 Å². The number of primary amides is 1. The zero-order chi connectivity index (χ0) is 22.5. The first-order valence-electron chi connectivity index (χ1n) is 9.87. The van der Waals surface area contributed by atoms with Crippen LogP contribution in [0.4, 0.5) is 4.39 Å². The molecule has 0 saturated heterocycles. The molecule has 0 unspecified atom stereocenters. The third-order valence-corrected chi connectivity index (χ3v) is 12.3. The average Bonchev–Trinajstić information content (AvgIpc) is 3.16. The van der Waals surface area contributed by atoms with Crippen molar-refractivity contribution in [2.24, 2.45) is 11.7 Å². The molecule has 160 valence electrons. The van der Waals surface area contributed by atoms with E-state index >= 15 is 0 Å². The number of hydrogen-bond acceptors (Lipinski definition) is 4. The second-order valence-electron chi connectivity index (χ2n) is 7.68. The first-order valence-corrected chi connectivity index (χ1v) is 16.4. The third kappa shape index (κ3) is 5.89. The van der Waals surface area contributed by atoms with Gasteiger partial charge in [0.2, 0.25) is 0 Å². The molecule has 0 radical (unpaired) electrons. The van der Waals surface area contributed by atoms with Crippen LogP contribution in [0, 0.1) is 23.1 Å². The summed E-state index contributed by atoms with van der Waals surface area (Å²) in [5.74, 6) is -1.81. The van der Waals surface area contributed by atoms with Crippen molar-refractivity contribution in [1.29, 1.82) is 5.26 Å². The maximum absolute atomic E-state index is 14.0. The van der Waals surface area contributed by atoms with Gasteiger partial charge in [-0.25, -0.2) is 0 Å². The predicted octanol–water partition coefficient (Wildman–Crippen LogP) is 1.78. The number of carbonyl (C=O) groups excluding carboxylic acids is 3. The van der Waals surface area contributed by atoms with E-state index in [4.69, 9.17) is 22.6 Å². The summed E-state index contributed by atoms with van der Waals surface area (Å²) in [5, 5.41) is 11.6. The molecule has 0 atom stereocenters. The number of nitrogens with one attached hydrogen (secondary N) is 1. The average molecular weight is 547 g/mol. The predicted molar refractivity (Wildman–Crippen MR) is 114 cm³/mol. The Morgan fingerprint density at radius 3 is 2.74 bits per heavy atom. The van der Waals surface area contributed by atoms with E-state index in [1.165, 1.54) is 17.0 Å². The molecule has 1 aromatic carbocycles. The number of rotatable bonds is 8. The molecule has 0 spiro atoms. The molecule has 1 aliphatic heterocycles. The van der Waals surface area contributed by atoms with Crippen molar-refractivity contribution in [3.8, 4) is 6.07 Å². The van der Waals surface area contributed by atoms with E-state index in [2.05, 4.69) is 11.4 Å². The van der Waals surface area contributed by atoms with Crippen LogP contribution in [0.1, 0.15) is 18.4 Å². The minimum absolute atomic E-state index is 0.0268. The fourth-order valence-corrected chi connectivity index (χ4v) is 10.1. The number of carbonyl (C=O) groups is 3. The topological polar surface area (TPSA) is 116 Å². The van der Waals surface area contributed by atoms with Crippen molar-refractivity contribution >= 4 is 50.8 Å². The second kappa shape index (κ2) is 10.3. The third-order valence-electron chi connectivity index (χ3n) is 5.49. The molecule has 3 amide bonds. The van der Waals surface area contributed by atoms with Gasteiger partial charge in [0.15, 0.2) is 0 Å². The molecular weight excluding hydrogens is 526 g/mol. The SMILES string of the molecule is N#CC1CC(N(CC(=O)NCc2cccc(Cl)c2F)C(=O)[CH2][In]2[CH]=CC(C(N)=O)=[CH]2)C1. The van der Waals surface area contributed by atoms with Gasteiger partial charge in [0.1, 0.15) is 0 Å². The van der Waals surface area contributed by atoms with Gasteiger partial charge in [-0.2, -0.15) is 0 Å². The molecule has 1 fully saturated rings. The van der Waals surface area contributed by atoms with E-state index in [0.717, 1.165) is 0 Å². The Balaban J connectivity index is 1.62. The summed E-state index contributed by atoms with van der Waals surface area (Å²) in [7, 11) is 0. The van der Waals surface area contributed by atoms with E-state index in [-0.39, 0.29) is 41.5 Å². The van der Waals surface area contributed by atoms with Crippen molar-refractivity contribution in [2.45, 2.75) is 29.6 Å². The molecule has 0 bridgehead atoms. The van der Waals surface area contributed by atoms with Crippen molar-refractivity contribution < 1.29 is 18.8 Å². The van der Waals surface area contributed by atoms with Crippen LogP contribution in [0.25, 0.3) is 0 Å². The number of nitriles is 1. The number of amides is 3. The van der Waals surface area contributed by atoms with Crippen LogP contribution in [-0.4, -0.2) is 56.6 Å². The van der Waals surface area contributed by atoms with Crippen LogP contribution in [0.15, 0.2) is 37.5 Å². The standard InChI is InChI=1S/C16H16ClFN3O2.C5H5NO.In/c1-10(22)21(13-5-11(6-13)7-19)9-15(23)20-8-12-3-2-4-14(17)16(12)18;1-3-4(2)5(6)7;/h2-4,11,13H,1,5-6,8-9H2,(H,20,23);1-3H,(H2,6,7);. The van der Waals surface area contributed by atoms with Crippen LogP contribution in [0.3, 0.4) is 0 Å². The summed E-state index contributed by atoms with van der Waals surface area (Å²) in [6.07, 6.45) is 2.72. The normalized spacial score (nSPS) is 19.3. The number of benzene rings is 1. The molecule has 1 aromatic rings. The first kappa shape index (κ1) is 23.4. The van der Waals surface area contributed by atoms with E-state index in [1.54, 1.807) is 12.1 Å². The molecular formula is C21H21ClFInN4O3. The van der Waals surface area contributed by atoms with Crippen LogP contribution in [0.2, 0.25) is 9.20 Å². The van der Waals surface area contributed by atoms with Crippen molar-refractivity contribution in [1.82, 2.24) is 10.2 Å². The van der Waals surface area contributed by atoms with Crippen molar-refractivity contribution in [2.75, 3.05) is 6.54 Å². The van der Waals surface area contributed by atoms with Gasteiger partial charge in [-0.15, -0.1) is 0 Å². The van der Waals surface area contributed by atoms with Crippen LogP contribution in [-0.2, 0) is 20.9 Å². The Morgan fingerprint density at radius 1 is 1.35 bits per heavy atom. The molecule has 0 aromatic heterocycles.